The second-order valence-electron chi connectivity index (χ2n) is 3.52. The Morgan fingerprint density at radius 2 is 2.00 bits per heavy atom. The van der Waals surface area contributed by atoms with Crippen LogP contribution in [0, 0.1) is 0 Å². The van der Waals surface area contributed by atoms with Crippen LogP contribution in [-0.2, 0) is 0 Å². The molecule has 1 N–H and O–H groups in total. The summed E-state index contributed by atoms with van der Waals surface area (Å²) in [5.74, 6) is 0. The van der Waals surface area contributed by atoms with E-state index in [9.17, 15) is 0 Å². The van der Waals surface area contributed by atoms with Crippen molar-refractivity contribution in [1.29, 1.82) is 0 Å². The Morgan fingerprint density at radius 3 is 2.45 bits per heavy atom. The molecule has 0 amide bonds. The molecule has 0 spiro atoms. The molecule has 1 nitrogen and oxygen atoms in total. The van der Waals surface area contributed by atoms with E-state index in [0.29, 0.717) is 0 Å². The highest BCUT2D eigenvalue weighted by Crippen LogP contribution is 2.04. The largest absolute Gasteiger partial charge is 0.311 e. The number of hydrogen-bond acceptors (Lipinski definition) is 1. The molecule has 0 aliphatic carbocycles. The third-order valence-electron chi connectivity index (χ3n) is 1.90. The summed E-state index contributed by atoms with van der Waals surface area (Å²) in [6.07, 6.45) is 8.30. The molecule has 11 heavy (non-hydrogen) atoms. The molecular formula is C10H21N. The van der Waals surface area contributed by atoms with Gasteiger partial charge in [0.15, 0.2) is 0 Å². The molecule has 0 saturated heterocycles. The van der Waals surface area contributed by atoms with Crippen molar-refractivity contribution in [1.82, 2.24) is 5.32 Å². The maximum Gasteiger partial charge on any atom is 0.0304 e. The molecule has 0 unspecified atom stereocenters. The van der Waals surface area contributed by atoms with Crippen LogP contribution in [0.5, 0.6) is 0 Å². The lowest BCUT2D eigenvalue weighted by Crippen LogP contribution is -2.33. The monoisotopic (exact) mass is 155 g/mol. The molecule has 0 aromatic carbocycles. The quantitative estimate of drug-likeness (QED) is 0.475. The molecule has 1 heteroatoms. The van der Waals surface area contributed by atoms with E-state index < -0.39 is 0 Å². The molecule has 0 heterocycles. The minimum Gasteiger partial charge on any atom is -0.311 e. The van der Waals surface area contributed by atoms with Crippen molar-refractivity contribution in [2.24, 2.45) is 0 Å². The average molecular weight is 155 g/mol. The first-order valence-electron chi connectivity index (χ1n) is 4.49. The predicted octanol–water partition coefficient (Wildman–Crippen LogP) is 2.73. The van der Waals surface area contributed by atoms with Crippen molar-refractivity contribution in [3.05, 3.63) is 12.2 Å². The molecule has 0 aromatic rings. The molecule has 0 aromatic heterocycles. The summed E-state index contributed by atoms with van der Waals surface area (Å²) >= 11 is 0. The number of rotatable bonds is 5. The minimum absolute atomic E-state index is 0.160. The number of hydrogen-bond donors (Lipinski definition) is 1. The summed E-state index contributed by atoms with van der Waals surface area (Å²) in [6.45, 7) is 6.57. The zero-order chi connectivity index (χ0) is 8.74. The van der Waals surface area contributed by atoms with Crippen LogP contribution in [-0.4, -0.2) is 12.6 Å². The first-order valence-corrected chi connectivity index (χ1v) is 4.49. The summed E-state index contributed by atoms with van der Waals surface area (Å²) in [5.41, 5.74) is 0.160. The van der Waals surface area contributed by atoms with Crippen molar-refractivity contribution >= 4 is 0 Å². The summed E-state index contributed by atoms with van der Waals surface area (Å²) in [4.78, 5) is 0. The SMILES string of the molecule is CCCC/C=C/C(C)(C)NC. The first kappa shape index (κ1) is 10.7. The molecule has 0 aliphatic rings. The van der Waals surface area contributed by atoms with E-state index in [-0.39, 0.29) is 5.54 Å². The van der Waals surface area contributed by atoms with E-state index in [1.165, 1.54) is 19.3 Å². The van der Waals surface area contributed by atoms with Gasteiger partial charge in [-0.2, -0.15) is 0 Å². The summed E-state index contributed by atoms with van der Waals surface area (Å²) in [5, 5.41) is 3.23. The maximum atomic E-state index is 3.23. The van der Waals surface area contributed by atoms with Crippen molar-refractivity contribution in [3.8, 4) is 0 Å². The van der Waals surface area contributed by atoms with Crippen LogP contribution in [0.25, 0.3) is 0 Å². The number of nitrogens with one attached hydrogen (secondary N) is 1. The molecule has 0 radical (unpaired) electrons. The molecular weight excluding hydrogens is 134 g/mol. The van der Waals surface area contributed by atoms with Crippen LogP contribution in [0.3, 0.4) is 0 Å². The lowest BCUT2D eigenvalue weighted by Gasteiger charge is -2.18. The Morgan fingerprint density at radius 1 is 1.36 bits per heavy atom. The molecule has 0 fully saturated rings. The van der Waals surface area contributed by atoms with Crippen LogP contribution in [0.15, 0.2) is 12.2 Å². The van der Waals surface area contributed by atoms with Gasteiger partial charge in [-0.3, -0.25) is 0 Å². The van der Waals surface area contributed by atoms with Crippen LogP contribution < -0.4 is 5.32 Å². The fraction of sp³-hybridized carbons (Fsp3) is 0.800. The van der Waals surface area contributed by atoms with Gasteiger partial charge in [0.1, 0.15) is 0 Å². The van der Waals surface area contributed by atoms with Gasteiger partial charge in [0.25, 0.3) is 0 Å². The normalized spacial score (nSPS) is 12.7. The summed E-state index contributed by atoms with van der Waals surface area (Å²) < 4.78 is 0. The van der Waals surface area contributed by atoms with Gasteiger partial charge in [0, 0.05) is 5.54 Å². The van der Waals surface area contributed by atoms with Gasteiger partial charge in [-0.05, 0) is 27.3 Å². The lowest BCUT2D eigenvalue weighted by atomic mass is 10.0. The molecule has 0 aliphatic heterocycles. The van der Waals surface area contributed by atoms with Gasteiger partial charge in [0.2, 0.25) is 0 Å². The first-order chi connectivity index (χ1) is 5.12. The van der Waals surface area contributed by atoms with Gasteiger partial charge in [-0.15, -0.1) is 0 Å². The standard InChI is InChI=1S/C10H21N/c1-5-6-7-8-9-10(2,3)11-4/h8-9,11H,5-7H2,1-4H3/b9-8+. The Labute approximate surface area is 70.9 Å². The van der Waals surface area contributed by atoms with Gasteiger partial charge >= 0.3 is 0 Å². The third-order valence-corrected chi connectivity index (χ3v) is 1.90. The van der Waals surface area contributed by atoms with Gasteiger partial charge in [0.05, 0.1) is 0 Å². The van der Waals surface area contributed by atoms with E-state index >= 15 is 0 Å². The van der Waals surface area contributed by atoms with E-state index in [4.69, 9.17) is 0 Å². The lowest BCUT2D eigenvalue weighted by molar-refractivity contribution is 0.526. The highest BCUT2D eigenvalue weighted by Gasteiger charge is 2.07. The number of likely N-dealkylation sites (N-methyl/N-ethyl adjacent to an activating group) is 1. The summed E-state index contributed by atoms with van der Waals surface area (Å²) in [7, 11) is 1.99. The number of allylic oxidation sites excluding steroid dienone is 1. The van der Waals surface area contributed by atoms with Crippen LogP contribution in [0.4, 0.5) is 0 Å². The second-order valence-corrected chi connectivity index (χ2v) is 3.52. The average Bonchev–Trinajstić information content (AvgIpc) is 1.99. The fourth-order valence-corrected chi connectivity index (χ4v) is 0.783. The highest BCUT2D eigenvalue weighted by atomic mass is 14.9. The Bertz CT molecular complexity index is 114. The fourth-order valence-electron chi connectivity index (χ4n) is 0.783. The van der Waals surface area contributed by atoms with Gasteiger partial charge < -0.3 is 5.32 Å². The number of unbranched alkanes of at least 4 members (excludes halogenated alkanes) is 2. The van der Waals surface area contributed by atoms with Crippen molar-refractivity contribution in [2.45, 2.75) is 45.6 Å². The zero-order valence-electron chi connectivity index (χ0n) is 8.28. The van der Waals surface area contributed by atoms with Crippen molar-refractivity contribution in [2.75, 3.05) is 7.05 Å². The van der Waals surface area contributed by atoms with E-state index in [0.717, 1.165) is 0 Å². The highest BCUT2D eigenvalue weighted by molar-refractivity contribution is 5.00. The minimum atomic E-state index is 0.160. The van der Waals surface area contributed by atoms with Gasteiger partial charge in [-0.1, -0.05) is 31.9 Å². The maximum absolute atomic E-state index is 3.23. The topological polar surface area (TPSA) is 12.0 Å². The smallest absolute Gasteiger partial charge is 0.0304 e. The Kier molecular flexibility index (Phi) is 5.22. The summed E-state index contributed by atoms with van der Waals surface area (Å²) in [6, 6.07) is 0. The molecule has 0 bridgehead atoms. The van der Waals surface area contributed by atoms with Gasteiger partial charge in [-0.25, -0.2) is 0 Å². The Balaban J connectivity index is 3.55. The van der Waals surface area contributed by atoms with E-state index in [2.05, 4.69) is 38.2 Å². The van der Waals surface area contributed by atoms with E-state index in [1.807, 2.05) is 7.05 Å². The Hall–Kier alpha value is -0.300. The second kappa shape index (κ2) is 5.36. The zero-order valence-corrected chi connectivity index (χ0v) is 8.28. The molecule has 0 atom stereocenters. The molecule has 0 rings (SSSR count). The van der Waals surface area contributed by atoms with Crippen LogP contribution >= 0.6 is 0 Å². The molecule has 66 valence electrons. The van der Waals surface area contributed by atoms with Crippen LogP contribution in [0.1, 0.15) is 40.0 Å². The molecule has 0 saturated carbocycles. The third kappa shape index (κ3) is 6.11. The van der Waals surface area contributed by atoms with E-state index in [1.54, 1.807) is 0 Å². The van der Waals surface area contributed by atoms with Crippen molar-refractivity contribution in [3.63, 3.8) is 0 Å². The van der Waals surface area contributed by atoms with Crippen LogP contribution in [0.2, 0.25) is 0 Å². The predicted molar refractivity (Wildman–Crippen MR) is 51.8 cm³/mol. The van der Waals surface area contributed by atoms with Crippen molar-refractivity contribution < 1.29 is 0 Å².